The SMILES string of the molecule is COc1cc(O)cc([C@@H](O)[C@H](O)CO)c1. The lowest BCUT2D eigenvalue weighted by molar-refractivity contribution is -0.0154. The van der Waals surface area contributed by atoms with Crippen molar-refractivity contribution in [3.05, 3.63) is 23.8 Å². The highest BCUT2D eigenvalue weighted by Gasteiger charge is 2.18. The van der Waals surface area contributed by atoms with E-state index in [1.54, 1.807) is 0 Å². The number of phenolic OH excluding ortho intramolecular Hbond substituents is 1. The molecule has 0 saturated heterocycles. The lowest BCUT2D eigenvalue weighted by Crippen LogP contribution is -2.21. The van der Waals surface area contributed by atoms with Crippen molar-refractivity contribution >= 4 is 0 Å². The third-order valence-electron chi connectivity index (χ3n) is 2.04. The van der Waals surface area contributed by atoms with Crippen LogP contribution in [0.25, 0.3) is 0 Å². The summed E-state index contributed by atoms with van der Waals surface area (Å²) < 4.78 is 4.88. The molecule has 1 aromatic carbocycles. The Morgan fingerprint density at radius 2 is 1.93 bits per heavy atom. The van der Waals surface area contributed by atoms with Crippen LogP contribution >= 0.6 is 0 Å². The van der Waals surface area contributed by atoms with E-state index in [1.807, 2.05) is 0 Å². The molecule has 0 fully saturated rings. The van der Waals surface area contributed by atoms with Gasteiger partial charge in [0.15, 0.2) is 0 Å². The molecule has 1 aromatic rings. The number of phenols is 1. The normalized spacial score (nSPS) is 14.7. The number of benzene rings is 1. The number of ether oxygens (including phenoxy) is 1. The van der Waals surface area contributed by atoms with Gasteiger partial charge in [0.25, 0.3) is 0 Å². The van der Waals surface area contributed by atoms with Crippen molar-refractivity contribution < 1.29 is 25.2 Å². The van der Waals surface area contributed by atoms with Gasteiger partial charge in [-0.05, 0) is 17.7 Å². The second-order valence-electron chi connectivity index (χ2n) is 3.16. The molecule has 0 spiro atoms. The van der Waals surface area contributed by atoms with Crippen molar-refractivity contribution in [2.45, 2.75) is 12.2 Å². The zero-order valence-corrected chi connectivity index (χ0v) is 8.29. The maximum atomic E-state index is 9.56. The molecule has 0 aromatic heterocycles. The van der Waals surface area contributed by atoms with Crippen LogP contribution in [-0.2, 0) is 0 Å². The summed E-state index contributed by atoms with van der Waals surface area (Å²) >= 11 is 0. The van der Waals surface area contributed by atoms with Gasteiger partial charge in [0, 0.05) is 6.07 Å². The van der Waals surface area contributed by atoms with Crippen LogP contribution in [0.5, 0.6) is 11.5 Å². The van der Waals surface area contributed by atoms with E-state index >= 15 is 0 Å². The van der Waals surface area contributed by atoms with E-state index in [0.29, 0.717) is 5.75 Å². The Labute approximate surface area is 87.2 Å². The van der Waals surface area contributed by atoms with Gasteiger partial charge >= 0.3 is 0 Å². The molecule has 2 atom stereocenters. The highest BCUT2D eigenvalue weighted by Crippen LogP contribution is 2.27. The standard InChI is InChI=1S/C10H14O5/c1-15-8-3-6(2-7(12)4-8)10(14)9(13)5-11/h2-4,9-14H,5H2,1H3/t9-,10-/m1/s1. The molecule has 0 unspecified atom stereocenters. The predicted molar refractivity (Wildman–Crippen MR) is 52.7 cm³/mol. The highest BCUT2D eigenvalue weighted by molar-refractivity contribution is 5.38. The fourth-order valence-corrected chi connectivity index (χ4v) is 1.22. The summed E-state index contributed by atoms with van der Waals surface area (Å²) in [5, 5.41) is 36.7. The number of aliphatic hydroxyl groups excluding tert-OH is 3. The van der Waals surface area contributed by atoms with E-state index in [1.165, 1.54) is 25.3 Å². The first-order valence-corrected chi connectivity index (χ1v) is 4.43. The van der Waals surface area contributed by atoms with Crippen LogP contribution in [0.15, 0.2) is 18.2 Å². The summed E-state index contributed by atoms with van der Waals surface area (Å²) in [5.74, 6) is 0.294. The van der Waals surface area contributed by atoms with E-state index < -0.39 is 18.8 Å². The Balaban J connectivity index is 2.97. The first kappa shape index (κ1) is 11.8. The molecular formula is C10H14O5. The van der Waals surface area contributed by atoms with Gasteiger partial charge in [-0.3, -0.25) is 0 Å². The fraction of sp³-hybridized carbons (Fsp3) is 0.400. The van der Waals surface area contributed by atoms with Gasteiger partial charge in [-0.25, -0.2) is 0 Å². The van der Waals surface area contributed by atoms with Crippen molar-refractivity contribution in [1.82, 2.24) is 0 Å². The molecule has 0 radical (unpaired) electrons. The molecule has 0 aliphatic heterocycles. The highest BCUT2D eigenvalue weighted by atomic mass is 16.5. The molecule has 0 heterocycles. The van der Waals surface area contributed by atoms with Gasteiger partial charge in [0.2, 0.25) is 0 Å². The molecule has 15 heavy (non-hydrogen) atoms. The molecule has 1 rings (SSSR count). The molecular weight excluding hydrogens is 200 g/mol. The van der Waals surface area contributed by atoms with Gasteiger partial charge < -0.3 is 25.2 Å². The molecule has 5 nitrogen and oxygen atoms in total. The number of aromatic hydroxyl groups is 1. The average Bonchev–Trinajstić information content (AvgIpc) is 2.26. The Bertz CT molecular complexity index is 326. The monoisotopic (exact) mass is 214 g/mol. The van der Waals surface area contributed by atoms with Gasteiger partial charge in [-0.1, -0.05) is 0 Å². The summed E-state index contributed by atoms with van der Waals surface area (Å²) in [5.41, 5.74) is 0.286. The molecule has 5 heteroatoms. The Kier molecular flexibility index (Phi) is 3.90. The summed E-state index contributed by atoms with van der Waals surface area (Å²) in [7, 11) is 1.42. The second-order valence-corrected chi connectivity index (χ2v) is 3.16. The Morgan fingerprint density at radius 3 is 2.47 bits per heavy atom. The number of aliphatic hydroxyl groups is 3. The number of methoxy groups -OCH3 is 1. The minimum absolute atomic E-state index is 0.0754. The van der Waals surface area contributed by atoms with Crippen LogP contribution in [0.4, 0.5) is 0 Å². The van der Waals surface area contributed by atoms with Crippen molar-refractivity contribution in [1.29, 1.82) is 0 Å². The molecule has 0 saturated carbocycles. The van der Waals surface area contributed by atoms with Gasteiger partial charge in [-0.15, -0.1) is 0 Å². The average molecular weight is 214 g/mol. The lowest BCUT2D eigenvalue weighted by atomic mass is 10.0. The second kappa shape index (κ2) is 4.97. The Hall–Kier alpha value is -1.30. The first-order valence-electron chi connectivity index (χ1n) is 4.43. The molecule has 0 amide bonds. The molecule has 0 bridgehead atoms. The predicted octanol–water partition coefficient (Wildman–Crippen LogP) is -0.213. The van der Waals surface area contributed by atoms with E-state index in [-0.39, 0.29) is 11.3 Å². The zero-order valence-electron chi connectivity index (χ0n) is 8.29. The van der Waals surface area contributed by atoms with Gasteiger partial charge in [0.05, 0.1) is 13.7 Å². The van der Waals surface area contributed by atoms with Crippen LogP contribution in [0.2, 0.25) is 0 Å². The Morgan fingerprint density at radius 1 is 1.27 bits per heavy atom. The third kappa shape index (κ3) is 2.82. The quantitative estimate of drug-likeness (QED) is 0.556. The van der Waals surface area contributed by atoms with Crippen molar-refractivity contribution in [2.75, 3.05) is 13.7 Å². The minimum Gasteiger partial charge on any atom is -0.508 e. The summed E-state index contributed by atoms with van der Waals surface area (Å²) in [6.07, 6.45) is -2.53. The number of rotatable bonds is 4. The molecule has 0 aliphatic rings. The van der Waals surface area contributed by atoms with Crippen molar-refractivity contribution in [2.24, 2.45) is 0 Å². The lowest BCUT2D eigenvalue weighted by Gasteiger charge is -2.16. The van der Waals surface area contributed by atoms with Crippen molar-refractivity contribution in [3.8, 4) is 11.5 Å². The summed E-state index contributed by atoms with van der Waals surface area (Å²) in [4.78, 5) is 0. The fourth-order valence-electron chi connectivity index (χ4n) is 1.22. The van der Waals surface area contributed by atoms with Gasteiger partial charge in [-0.2, -0.15) is 0 Å². The number of hydrogen-bond acceptors (Lipinski definition) is 5. The van der Waals surface area contributed by atoms with Crippen LogP contribution in [0.3, 0.4) is 0 Å². The van der Waals surface area contributed by atoms with Crippen LogP contribution < -0.4 is 4.74 Å². The van der Waals surface area contributed by atoms with E-state index in [2.05, 4.69) is 0 Å². The minimum atomic E-state index is -1.28. The largest absolute Gasteiger partial charge is 0.508 e. The smallest absolute Gasteiger partial charge is 0.122 e. The zero-order chi connectivity index (χ0) is 11.4. The summed E-state index contributed by atoms with van der Waals surface area (Å²) in [6.45, 7) is -0.556. The van der Waals surface area contributed by atoms with E-state index in [4.69, 9.17) is 9.84 Å². The van der Waals surface area contributed by atoms with Crippen LogP contribution in [-0.4, -0.2) is 40.2 Å². The van der Waals surface area contributed by atoms with Gasteiger partial charge in [0.1, 0.15) is 23.7 Å². The molecule has 4 N–H and O–H groups in total. The maximum absolute atomic E-state index is 9.56. The number of hydrogen-bond donors (Lipinski definition) is 4. The molecule has 0 aliphatic carbocycles. The summed E-state index contributed by atoms with van der Waals surface area (Å²) in [6, 6.07) is 4.15. The van der Waals surface area contributed by atoms with E-state index in [9.17, 15) is 15.3 Å². The van der Waals surface area contributed by atoms with Crippen LogP contribution in [0.1, 0.15) is 11.7 Å². The maximum Gasteiger partial charge on any atom is 0.122 e. The van der Waals surface area contributed by atoms with E-state index in [0.717, 1.165) is 0 Å². The third-order valence-corrected chi connectivity index (χ3v) is 2.04. The van der Waals surface area contributed by atoms with Crippen LogP contribution in [0, 0.1) is 0 Å². The molecule has 84 valence electrons. The first-order chi connectivity index (χ1) is 7.08. The van der Waals surface area contributed by atoms with Crippen molar-refractivity contribution in [3.63, 3.8) is 0 Å². The topological polar surface area (TPSA) is 90.2 Å².